The van der Waals surface area contributed by atoms with Gasteiger partial charge < -0.3 is 15.1 Å². The van der Waals surface area contributed by atoms with Crippen LogP contribution in [0.4, 0.5) is 0 Å². The lowest BCUT2D eigenvalue weighted by Crippen LogP contribution is -2.34. The molecule has 0 radical (unpaired) electrons. The van der Waals surface area contributed by atoms with Crippen LogP contribution in [0.5, 0.6) is 5.75 Å². The van der Waals surface area contributed by atoms with Gasteiger partial charge in [0.05, 0.1) is 5.75 Å². The third-order valence-electron chi connectivity index (χ3n) is 5.96. The fourth-order valence-electron chi connectivity index (χ4n) is 4.01. The number of nitrogens with zero attached hydrogens (tertiary/aromatic N) is 1. The Morgan fingerprint density at radius 1 is 1.03 bits per heavy atom. The third-order valence-corrected chi connectivity index (χ3v) is 8.05. The summed E-state index contributed by atoms with van der Waals surface area (Å²) in [5.41, 5.74) is 0.697. The van der Waals surface area contributed by atoms with E-state index in [1.807, 2.05) is 0 Å². The number of unbranched alkanes of at least 4 members (excludes halogenated alkanes) is 5. The first-order chi connectivity index (χ1) is 15.9. The molecule has 1 aliphatic heterocycles. The lowest BCUT2D eigenvalue weighted by Gasteiger charge is -2.26. The molecule has 1 atom stereocenters. The van der Waals surface area contributed by atoms with Gasteiger partial charge >= 0.3 is 5.97 Å². The SMILES string of the molecule is CCCCCCCCS(=O)(=O)C(Cc1ccc(OCCN2CCCCC2)cc1)C(=O)O.NO. The van der Waals surface area contributed by atoms with Crippen molar-refractivity contribution in [3.63, 3.8) is 0 Å². The molecule has 8 nitrogen and oxygen atoms in total. The van der Waals surface area contributed by atoms with Crippen molar-refractivity contribution in [3.05, 3.63) is 29.8 Å². The van der Waals surface area contributed by atoms with E-state index >= 15 is 0 Å². The fourth-order valence-corrected chi connectivity index (χ4v) is 5.65. The maximum Gasteiger partial charge on any atom is 0.322 e. The van der Waals surface area contributed by atoms with E-state index in [4.69, 9.17) is 9.94 Å². The van der Waals surface area contributed by atoms with Crippen LogP contribution in [0.25, 0.3) is 0 Å². The molecule has 0 spiro atoms. The van der Waals surface area contributed by atoms with Crippen molar-refractivity contribution in [1.82, 2.24) is 4.90 Å². The van der Waals surface area contributed by atoms with Crippen molar-refractivity contribution in [2.75, 3.05) is 32.0 Å². The molecular formula is C24H42N2O6S. The Bertz CT molecular complexity index is 749. The van der Waals surface area contributed by atoms with Gasteiger partial charge in [-0.1, -0.05) is 57.6 Å². The Morgan fingerprint density at radius 2 is 1.64 bits per heavy atom. The molecule has 190 valence electrons. The number of hydrogen-bond donors (Lipinski definition) is 3. The van der Waals surface area contributed by atoms with E-state index in [-0.39, 0.29) is 12.2 Å². The molecule has 9 heteroatoms. The highest BCUT2D eigenvalue weighted by Crippen LogP contribution is 2.18. The first kappa shape index (κ1) is 29.4. The molecule has 1 aromatic rings. The zero-order valence-corrected chi connectivity index (χ0v) is 20.8. The smallest absolute Gasteiger partial charge is 0.322 e. The summed E-state index contributed by atoms with van der Waals surface area (Å²) in [6.45, 7) is 5.91. The second kappa shape index (κ2) is 16.9. The standard InChI is InChI=1S/C24H39NO5S.H3NO/c1-2-3-4-5-6-10-19-31(28,29)23(24(26)27)20-21-11-13-22(14-12-21)30-18-17-25-15-8-7-9-16-25;1-2/h11-14,23H,2-10,15-20H2,1H3,(H,26,27);2H,1H2. The van der Waals surface area contributed by atoms with Crippen LogP contribution in [0.2, 0.25) is 0 Å². The molecule has 33 heavy (non-hydrogen) atoms. The zero-order chi connectivity index (χ0) is 24.5. The van der Waals surface area contributed by atoms with E-state index in [9.17, 15) is 18.3 Å². The summed E-state index contributed by atoms with van der Waals surface area (Å²) in [7, 11) is -3.69. The highest BCUT2D eigenvalue weighted by Gasteiger charge is 2.32. The molecule has 1 heterocycles. The summed E-state index contributed by atoms with van der Waals surface area (Å²) in [4.78, 5) is 14.1. The number of sulfone groups is 1. The summed E-state index contributed by atoms with van der Waals surface area (Å²) >= 11 is 0. The van der Waals surface area contributed by atoms with Crippen molar-refractivity contribution >= 4 is 15.8 Å². The molecule has 0 aromatic heterocycles. The van der Waals surface area contributed by atoms with Gasteiger partial charge in [0.25, 0.3) is 0 Å². The number of ether oxygens (including phenoxy) is 1. The summed E-state index contributed by atoms with van der Waals surface area (Å²) < 4.78 is 31.0. The first-order valence-electron chi connectivity index (χ1n) is 12.1. The maximum atomic E-state index is 12.6. The molecule has 1 saturated heterocycles. The Morgan fingerprint density at radius 3 is 2.24 bits per heavy atom. The number of hydrogen-bond acceptors (Lipinski definition) is 7. The van der Waals surface area contributed by atoms with Crippen LogP contribution in [0.1, 0.15) is 70.3 Å². The molecule has 2 rings (SSSR count). The Balaban J connectivity index is 0.00000265. The summed E-state index contributed by atoms with van der Waals surface area (Å²) in [5.74, 6) is 2.89. The van der Waals surface area contributed by atoms with Crippen molar-refractivity contribution in [2.24, 2.45) is 5.90 Å². The van der Waals surface area contributed by atoms with E-state index in [2.05, 4.69) is 17.7 Å². The minimum absolute atomic E-state index is 0.0123. The maximum absolute atomic E-state index is 12.6. The lowest BCUT2D eigenvalue weighted by atomic mass is 10.1. The minimum atomic E-state index is -3.69. The quantitative estimate of drug-likeness (QED) is 0.253. The molecule has 4 N–H and O–H groups in total. The molecule has 0 saturated carbocycles. The van der Waals surface area contributed by atoms with Gasteiger partial charge in [0.1, 0.15) is 12.4 Å². The largest absolute Gasteiger partial charge is 0.492 e. The van der Waals surface area contributed by atoms with Crippen molar-refractivity contribution in [2.45, 2.75) is 76.4 Å². The number of nitrogens with two attached hydrogens (primary N) is 1. The van der Waals surface area contributed by atoms with Gasteiger partial charge in [-0.05, 0) is 56.5 Å². The van der Waals surface area contributed by atoms with Crippen molar-refractivity contribution in [1.29, 1.82) is 0 Å². The molecular weight excluding hydrogens is 444 g/mol. The van der Waals surface area contributed by atoms with E-state index in [0.717, 1.165) is 57.5 Å². The fraction of sp³-hybridized carbons (Fsp3) is 0.708. The van der Waals surface area contributed by atoms with Crippen molar-refractivity contribution < 1.29 is 28.3 Å². The normalized spacial score (nSPS) is 15.4. The van der Waals surface area contributed by atoms with Crippen LogP contribution in [0.3, 0.4) is 0 Å². The number of likely N-dealkylation sites (tertiary alicyclic amines) is 1. The lowest BCUT2D eigenvalue weighted by molar-refractivity contribution is -0.136. The van der Waals surface area contributed by atoms with E-state index in [1.165, 1.54) is 19.3 Å². The third kappa shape index (κ3) is 11.8. The zero-order valence-electron chi connectivity index (χ0n) is 20.0. The molecule has 1 unspecified atom stereocenters. The average molecular weight is 487 g/mol. The Labute approximate surface area is 199 Å². The highest BCUT2D eigenvalue weighted by atomic mass is 32.2. The molecule has 0 amide bonds. The van der Waals surface area contributed by atoms with Crippen LogP contribution in [0, 0.1) is 0 Å². The monoisotopic (exact) mass is 486 g/mol. The van der Waals surface area contributed by atoms with Gasteiger partial charge in [0, 0.05) is 6.54 Å². The Hall–Kier alpha value is -1.68. The summed E-state index contributed by atoms with van der Waals surface area (Å²) in [5, 5.41) is 14.6. The highest BCUT2D eigenvalue weighted by molar-refractivity contribution is 7.92. The number of rotatable bonds is 15. The number of carbonyl (C=O) groups is 1. The van der Waals surface area contributed by atoms with Gasteiger partial charge in [-0.3, -0.25) is 9.69 Å². The second-order valence-corrected chi connectivity index (χ2v) is 10.9. The van der Waals surface area contributed by atoms with Crippen LogP contribution in [-0.2, 0) is 21.1 Å². The molecule has 0 aliphatic carbocycles. The van der Waals surface area contributed by atoms with Crippen LogP contribution in [-0.4, -0.2) is 66.8 Å². The number of piperidine rings is 1. The average Bonchev–Trinajstić information content (AvgIpc) is 2.82. The number of benzene rings is 1. The van der Waals surface area contributed by atoms with Crippen LogP contribution in [0.15, 0.2) is 24.3 Å². The van der Waals surface area contributed by atoms with E-state index < -0.39 is 21.1 Å². The first-order valence-corrected chi connectivity index (χ1v) is 13.8. The van der Waals surface area contributed by atoms with E-state index in [1.54, 1.807) is 24.3 Å². The van der Waals surface area contributed by atoms with Gasteiger partial charge in [0.2, 0.25) is 0 Å². The topological polar surface area (TPSA) is 130 Å². The number of carboxylic acid groups (broad SMARTS) is 1. The molecule has 1 aliphatic rings. The van der Waals surface area contributed by atoms with Crippen molar-refractivity contribution in [3.8, 4) is 5.75 Å². The van der Waals surface area contributed by atoms with E-state index in [0.29, 0.717) is 18.6 Å². The second-order valence-electron chi connectivity index (χ2n) is 8.56. The summed E-state index contributed by atoms with van der Waals surface area (Å²) in [6.07, 6.45) is 9.55. The van der Waals surface area contributed by atoms with Gasteiger partial charge in [0.15, 0.2) is 15.1 Å². The van der Waals surface area contributed by atoms with Gasteiger partial charge in [-0.2, -0.15) is 0 Å². The predicted molar refractivity (Wildman–Crippen MR) is 130 cm³/mol. The van der Waals surface area contributed by atoms with Gasteiger partial charge in [-0.25, -0.2) is 14.3 Å². The minimum Gasteiger partial charge on any atom is -0.492 e. The molecule has 1 aromatic carbocycles. The van der Waals surface area contributed by atoms with Crippen LogP contribution >= 0.6 is 0 Å². The summed E-state index contributed by atoms with van der Waals surface area (Å²) in [6, 6.07) is 7.13. The number of aliphatic carboxylic acids is 1. The van der Waals surface area contributed by atoms with Crippen LogP contribution < -0.4 is 10.6 Å². The number of carboxylic acids is 1. The Kier molecular flexibility index (Phi) is 15.0. The van der Waals surface area contributed by atoms with Gasteiger partial charge in [-0.15, -0.1) is 0 Å². The molecule has 1 fully saturated rings. The predicted octanol–water partition coefficient (Wildman–Crippen LogP) is 3.66. The molecule has 0 bridgehead atoms.